The van der Waals surface area contributed by atoms with Crippen LogP contribution in [-0.2, 0) is 10.0 Å². The normalized spacial score (nSPS) is 12.2. The average molecular weight is 467 g/mol. The van der Waals surface area contributed by atoms with Gasteiger partial charge in [-0.25, -0.2) is 8.42 Å². The Labute approximate surface area is 196 Å². The predicted molar refractivity (Wildman–Crippen MR) is 131 cm³/mol. The van der Waals surface area contributed by atoms with Gasteiger partial charge in [-0.1, -0.05) is 31.2 Å². The van der Waals surface area contributed by atoms with E-state index in [4.69, 9.17) is 4.74 Å². The quantitative estimate of drug-likeness (QED) is 0.472. The van der Waals surface area contributed by atoms with Crippen LogP contribution in [0.15, 0.2) is 65.6 Å². The molecule has 0 radical (unpaired) electrons. The number of hydrogen-bond acceptors (Lipinski definition) is 4. The Balaban J connectivity index is 1.84. The Bertz CT molecular complexity index is 1250. The third-order valence-corrected chi connectivity index (χ3v) is 7.25. The molecule has 0 fully saturated rings. The van der Waals surface area contributed by atoms with E-state index in [1.165, 1.54) is 6.07 Å². The number of nitrogens with one attached hydrogen (secondary N) is 2. The van der Waals surface area contributed by atoms with E-state index in [0.29, 0.717) is 17.7 Å². The Hall–Kier alpha value is -3.32. The minimum atomic E-state index is -3.87. The van der Waals surface area contributed by atoms with Crippen LogP contribution in [-0.4, -0.2) is 21.4 Å². The van der Waals surface area contributed by atoms with E-state index in [0.717, 1.165) is 22.4 Å². The maximum absolute atomic E-state index is 13.1. The summed E-state index contributed by atoms with van der Waals surface area (Å²) < 4.78 is 34.0. The summed E-state index contributed by atoms with van der Waals surface area (Å²) >= 11 is 0. The van der Waals surface area contributed by atoms with Crippen molar-refractivity contribution in [2.75, 3.05) is 11.8 Å². The van der Waals surface area contributed by atoms with E-state index in [9.17, 15) is 13.2 Å². The number of carbonyl (C=O) groups is 1. The van der Waals surface area contributed by atoms with Crippen molar-refractivity contribution in [3.63, 3.8) is 0 Å². The van der Waals surface area contributed by atoms with E-state index in [2.05, 4.69) is 10.0 Å². The number of rotatable bonds is 8. The number of anilines is 1. The van der Waals surface area contributed by atoms with Gasteiger partial charge in [0.1, 0.15) is 5.75 Å². The van der Waals surface area contributed by atoms with Crippen LogP contribution in [0.4, 0.5) is 5.69 Å². The van der Waals surface area contributed by atoms with Gasteiger partial charge in [-0.2, -0.15) is 0 Å². The second-order valence-corrected chi connectivity index (χ2v) is 9.74. The van der Waals surface area contributed by atoms with Crippen LogP contribution in [0.25, 0.3) is 0 Å². The smallest absolute Gasteiger partial charge is 0.262 e. The lowest BCUT2D eigenvalue weighted by atomic mass is 10.0. The first-order chi connectivity index (χ1) is 15.6. The van der Waals surface area contributed by atoms with Crippen molar-refractivity contribution in [1.82, 2.24) is 5.32 Å². The highest BCUT2D eigenvalue weighted by atomic mass is 32.2. The van der Waals surface area contributed by atoms with Crippen LogP contribution >= 0.6 is 0 Å². The fraction of sp³-hybridized carbons (Fsp3) is 0.269. The van der Waals surface area contributed by atoms with Crippen molar-refractivity contribution in [3.8, 4) is 5.75 Å². The molecule has 1 unspecified atom stereocenters. The molecular formula is C26H30N2O4S. The van der Waals surface area contributed by atoms with Gasteiger partial charge in [-0.3, -0.25) is 9.52 Å². The van der Waals surface area contributed by atoms with Gasteiger partial charge in [-0.15, -0.1) is 0 Å². The van der Waals surface area contributed by atoms with Crippen molar-refractivity contribution in [2.45, 2.75) is 45.1 Å². The zero-order chi connectivity index (χ0) is 24.2. The number of amides is 1. The molecule has 1 atom stereocenters. The Morgan fingerprint density at radius 2 is 1.58 bits per heavy atom. The molecule has 0 aliphatic rings. The summed E-state index contributed by atoms with van der Waals surface area (Å²) in [5, 5.41) is 3.00. The number of sulfonamides is 1. The molecule has 7 heteroatoms. The molecule has 0 spiro atoms. The molecule has 33 heavy (non-hydrogen) atoms. The summed E-state index contributed by atoms with van der Waals surface area (Å²) in [6, 6.07) is 17.4. The first-order valence-electron chi connectivity index (χ1n) is 10.8. The van der Waals surface area contributed by atoms with Gasteiger partial charge in [0.15, 0.2) is 0 Å². The first-order valence-corrected chi connectivity index (χ1v) is 12.3. The molecule has 3 aromatic rings. The van der Waals surface area contributed by atoms with Crippen molar-refractivity contribution in [1.29, 1.82) is 0 Å². The van der Waals surface area contributed by atoms with Crippen molar-refractivity contribution >= 4 is 21.6 Å². The summed E-state index contributed by atoms with van der Waals surface area (Å²) in [6.07, 6.45) is 0.684. The molecule has 0 aromatic heterocycles. The molecule has 0 aliphatic heterocycles. The van der Waals surface area contributed by atoms with Crippen molar-refractivity contribution in [3.05, 3.63) is 88.5 Å². The van der Waals surface area contributed by atoms with E-state index in [-0.39, 0.29) is 22.4 Å². The molecule has 174 valence electrons. The van der Waals surface area contributed by atoms with Gasteiger partial charge >= 0.3 is 0 Å². The van der Waals surface area contributed by atoms with Crippen LogP contribution in [0, 0.1) is 20.8 Å². The molecule has 3 rings (SSSR count). The number of aryl methyl sites for hydroxylation is 3. The Morgan fingerprint density at radius 1 is 0.909 bits per heavy atom. The van der Waals surface area contributed by atoms with Crippen LogP contribution < -0.4 is 14.8 Å². The molecule has 0 saturated carbocycles. The molecule has 0 saturated heterocycles. The van der Waals surface area contributed by atoms with Gasteiger partial charge in [0, 0.05) is 11.3 Å². The maximum atomic E-state index is 13.1. The highest BCUT2D eigenvalue weighted by Crippen LogP contribution is 2.24. The molecule has 1 amide bonds. The SMILES string of the molecule is CCC(NC(=O)c1ccc(C)c(S(=O)(=O)Nc2ccc(C)c(C)c2)c1)c1ccc(OC)cc1. The van der Waals surface area contributed by atoms with Crippen LogP contribution in [0.5, 0.6) is 5.75 Å². The molecule has 2 N–H and O–H groups in total. The minimum Gasteiger partial charge on any atom is -0.497 e. The third-order valence-electron chi connectivity index (χ3n) is 5.73. The lowest BCUT2D eigenvalue weighted by molar-refractivity contribution is 0.0935. The van der Waals surface area contributed by atoms with E-state index >= 15 is 0 Å². The molecule has 6 nitrogen and oxygen atoms in total. The molecular weight excluding hydrogens is 436 g/mol. The molecule has 0 aliphatic carbocycles. The van der Waals surface area contributed by atoms with E-state index in [1.807, 2.05) is 51.1 Å². The number of ether oxygens (including phenoxy) is 1. The Morgan fingerprint density at radius 3 is 2.18 bits per heavy atom. The van der Waals surface area contributed by atoms with Crippen LogP contribution in [0.2, 0.25) is 0 Å². The van der Waals surface area contributed by atoms with Crippen LogP contribution in [0.1, 0.15) is 52.0 Å². The zero-order valence-corrected chi connectivity index (χ0v) is 20.4. The molecule has 0 bridgehead atoms. The van der Waals surface area contributed by atoms with Gasteiger partial charge in [-0.05, 0) is 85.8 Å². The summed E-state index contributed by atoms with van der Waals surface area (Å²) in [4.78, 5) is 13.1. The Kier molecular flexibility index (Phi) is 7.43. The van der Waals surface area contributed by atoms with Crippen molar-refractivity contribution < 1.29 is 17.9 Å². The summed E-state index contributed by atoms with van der Waals surface area (Å²) in [5.74, 6) is 0.407. The van der Waals surface area contributed by atoms with Gasteiger partial charge in [0.05, 0.1) is 18.0 Å². The largest absolute Gasteiger partial charge is 0.497 e. The lowest BCUT2D eigenvalue weighted by Gasteiger charge is -2.18. The first kappa shape index (κ1) is 24.3. The summed E-state index contributed by atoms with van der Waals surface area (Å²) in [5.41, 5.74) is 4.35. The predicted octanol–water partition coefficient (Wildman–Crippen LogP) is 5.30. The van der Waals surface area contributed by atoms with Gasteiger partial charge in [0.25, 0.3) is 15.9 Å². The fourth-order valence-corrected chi connectivity index (χ4v) is 4.87. The second-order valence-electron chi connectivity index (χ2n) is 8.09. The van der Waals surface area contributed by atoms with E-state index < -0.39 is 10.0 Å². The van der Waals surface area contributed by atoms with Crippen LogP contribution in [0.3, 0.4) is 0 Å². The lowest BCUT2D eigenvalue weighted by Crippen LogP contribution is -2.28. The van der Waals surface area contributed by atoms with E-state index in [1.54, 1.807) is 38.3 Å². The molecule has 0 heterocycles. The number of carbonyl (C=O) groups excluding carboxylic acids is 1. The molecule has 3 aromatic carbocycles. The van der Waals surface area contributed by atoms with Gasteiger partial charge < -0.3 is 10.1 Å². The monoisotopic (exact) mass is 466 g/mol. The highest BCUT2D eigenvalue weighted by Gasteiger charge is 2.21. The minimum absolute atomic E-state index is 0.0749. The fourth-order valence-electron chi connectivity index (χ4n) is 3.54. The third kappa shape index (κ3) is 5.73. The number of benzene rings is 3. The van der Waals surface area contributed by atoms with Crippen molar-refractivity contribution in [2.24, 2.45) is 0 Å². The number of methoxy groups -OCH3 is 1. The summed E-state index contributed by atoms with van der Waals surface area (Å²) in [6.45, 7) is 7.59. The second kappa shape index (κ2) is 10.1. The zero-order valence-electron chi connectivity index (χ0n) is 19.6. The summed E-state index contributed by atoms with van der Waals surface area (Å²) in [7, 11) is -2.26. The maximum Gasteiger partial charge on any atom is 0.262 e. The number of hydrogen-bond donors (Lipinski definition) is 2. The average Bonchev–Trinajstić information content (AvgIpc) is 2.79. The highest BCUT2D eigenvalue weighted by molar-refractivity contribution is 7.92. The standard InChI is InChI=1S/C26H30N2O4S/c1-6-24(20-10-13-23(32-5)14-11-20)27-26(29)21-9-7-18(3)25(16-21)33(30,31)28-22-12-8-17(2)19(4)15-22/h7-16,24,28H,6H2,1-5H3,(H,27,29). The van der Waals surface area contributed by atoms with Gasteiger partial charge in [0.2, 0.25) is 0 Å². The topological polar surface area (TPSA) is 84.5 Å².